The molecule has 1 atom stereocenters. The summed E-state index contributed by atoms with van der Waals surface area (Å²) in [7, 11) is 0. The molecule has 1 unspecified atom stereocenters. The molecular formula is C30H28N2O4S. The number of anilines is 2. The zero-order chi connectivity index (χ0) is 26.5. The van der Waals surface area contributed by atoms with Crippen LogP contribution in [0.5, 0.6) is 0 Å². The van der Waals surface area contributed by atoms with Gasteiger partial charge in [0.2, 0.25) is 5.91 Å². The number of benzene rings is 4. The van der Waals surface area contributed by atoms with Gasteiger partial charge in [-0.25, -0.2) is 4.79 Å². The molecule has 0 radical (unpaired) electrons. The molecule has 0 saturated carbocycles. The van der Waals surface area contributed by atoms with Crippen LogP contribution in [-0.4, -0.2) is 28.1 Å². The number of hydrogen-bond donors (Lipinski definition) is 3. The number of carbonyl (C=O) groups excluding carboxylic acids is 2. The van der Waals surface area contributed by atoms with E-state index in [4.69, 9.17) is 0 Å². The first-order chi connectivity index (χ1) is 17.7. The van der Waals surface area contributed by atoms with Crippen molar-refractivity contribution < 1.29 is 19.5 Å². The molecule has 0 heterocycles. The first kappa shape index (κ1) is 26.0. The molecule has 0 saturated heterocycles. The SMILES string of the molecule is CCC(Sc1cccc(NC(=O)c2cccc3cccc(C(=O)O)c23)c1)C(=O)Nc1cc(C)cc(C)c1. The molecule has 4 aromatic carbocycles. The average molecular weight is 513 g/mol. The number of amides is 2. The molecule has 7 heteroatoms. The van der Waals surface area contributed by atoms with Gasteiger partial charge in [0, 0.05) is 27.2 Å². The molecule has 0 spiro atoms. The Morgan fingerprint density at radius 2 is 1.46 bits per heavy atom. The third-order valence-electron chi connectivity index (χ3n) is 5.90. The first-order valence-electron chi connectivity index (χ1n) is 12.0. The van der Waals surface area contributed by atoms with Gasteiger partial charge >= 0.3 is 5.97 Å². The molecule has 0 aliphatic rings. The van der Waals surface area contributed by atoms with Crippen LogP contribution in [0.2, 0.25) is 0 Å². The Kier molecular flexibility index (Phi) is 7.94. The molecule has 6 nitrogen and oxygen atoms in total. The minimum atomic E-state index is -1.09. The smallest absolute Gasteiger partial charge is 0.336 e. The molecule has 4 rings (SSSR count). The van der Waals surface area contributed by atoms with Crippen molar-refractivity contribution >= 4 is 51.7 Å². The van der Waals surface area contributed by atoms with Crippen molar-refractivity contribution in [1.82, 2.24) is 0 Å². The Hall–Kier alpha value is -4.10. The van der Waals surface area contributed by atoms with E-state index in [1.54, 1.807) is 36.4 Å². The molecular weight excluding hydrogens is 484 g/mol. The zero-order valence-corrected chi connectivity index (χ0v) is 21.7. The van der Waals surface area contributed by atoms with Gasteiger partial charge in [-0.05, 0) is 79.2 Å². The predicted octanol–water partition coefficient (Wildman–Crippen LogP) is 6.92. The fraction of sp³-hybridized carbons (Fsp3) is 0.167. The van der Waals surface area contributed by atoms with E-state index in [0.717, 1.165) is 21.7 Å². The van der Waals surface area contributed by atoms with Gasteiger partial charge in [-0.3, -0.25) is 9.59 Å². The van der Waals surface area contributed by atoms with Crippen LogP contribution in [0.15, 0.2) is 83.8 Å². The molecule has 0 aromatic heterocycles. The maximum atomic E-state index is 13.2. The van der Waals surface area contributed by atoms with Crippen molar-refractivity contribution in [3.8, 4) is 0 Å². The molecule has 37 heavy (non-hydrogen) atoms. The zero-order valence-electron chi connectivity index (χ0n) is 20.9. The fourth-order valence-corrected chi connectivity index (χ4v) is 5.32. The van der Waals surface area contributed by atoms with Gasteiger partial charge in [0.05, 0.1) is 10.8 Å². The monoisotopic (exact) mass is 512 g/mol. The minimum Gasteiger partial charge on any atom is -0.478 e. The Morgan fingerprint density at radius 3 is 2.11 bits per heavy atom. The molecule has 0 aliphatic carbocycles. The van der Waals surface area contributed by atoms with Gasteiger partial charge < -0.3 is 15.7 Å². The lowest BCUT2D eigenvalue weighted by Gasteiger charge is -2.16. The van der Waals surface area contributed by atoms with E-state index in [-0.39, 0.29) is 22.3 Å². The van der Waals surface area contributed by atoms with Gasteiger partial charge in [-0.1, -0.05) is 43.3 Å². The van der Waals surface area contributed by atoms with Crippen LogP contribution in [0.25, 0.3) is 10.8 Å². The van der Waals surface area contributed by atoms with Crippen molar-refractivity contribution in [3.05, 3.63) is 101 Å². The predicted molar refractivity (Wildman–Crippen MR) is 150 cm³/mol. The van der Waals surface area contributed by atoms with E-state index >= 15 is 0 Å². The van der Waals surface area contributed by atoms with Crippen LogP contribution in [-0.2, 0) is 4.79 Å². The van der Waals surface area contributed by atoms with Gasteiger partial charge in [-0.15, -0.1) is 11.8 Å². The second kappa shape index (κ2) is 11.3. The first-order valence-corrected chi connectivity index (χ1v) is 12.9. The molecule has 4 aromatic rings. The normalized spacial score (nSPS) is 11.6. The molecule has 0 aliphatic heterocycles. The molecule has 2 amide bonds. The van der Waals surface area contributed by atoms with Gasteiger partial charge in [0.1, 0.15) is 0 Å². The highest BCUT2D eigenvalue weighted by molar-refractivity contribution is 8.00. The Balaban J connectivity index is 1.52. The highest BCUT2D eigenvalue weighted by Gasteiger charge is 2.20. The average Bonchev–Trinajstić information content (AvgIpc) is 2.86. The van der Waals surface area contributed by atoms with Gasteiger partial charge in [0.15, 0.2) is 0 Å². The summed E-state index contributed by atoms with van der Waals surface area (Å²) in [6.45, 7) is 5.95. The van der Waals surface area contributed by atoms with Crippen LogP contribution < -0.4 is 10.6 Å². The number of thioether (sulfide) groups is 1. The number of aromatic carboxylic acids is 1. The van der Waals surface area contributed by atoms with Crippen LogP contribution in [0.4, 0.5) is 11.4 Å². The second-order valence-electron chi connectivity index (χ2n) is 8.88. The van der Waals surface area contributed by atoms with E-state index in [9.17, 15) is 19.5 Å². The van der Waals surface area contributed by atoms with E-state index in [0.29, 0.717) is 22.9 Å². The summed E-state index contributed by atoms with van der Waals surface area (Å²) in [5.41, 5.74) is 3.87. The van der Waals surface area contributed by atoms with E-state index in [2.05, 4.69) is 16.7 Å². The molecule has 0 fully saturated rings. The molecule has 188 valence electrons. The number of aryl methyl sites for hydroxylation is 2. The third-order valence-corrected chi connectivity index (χ3v) is 7.26. The van der Waals surface area contributed by atoms with Crippen LogP contribution in [0, 0.1) is 13.8 Å². The summed E-state index contributed by atoms with van der Waals surface area (Å²) < 4.78 is 0. The second-order valence-corrected chi connectivity index (χ2v) is 10.2. The fourth-order valence-electron chi connectivity index (χ4n) is 4.31. The van der Waals surface area contributed by atoms with Crippen molar-refractivity contribution in [2.45, 2.75) is 37.3 Å². The Labute approximate surface area is 220 Å². The summed E-state index contributed by atoms with van der Waals surface area (Å²) >= 11 is 1.43. The summed E-state index contributed by atoms with van der Waals surface area (Å²) in [4.78, 5) is 38.8. The number of carbonyl (C=O) groups is 3. The third kappa shape index (κ3) is 6.19. The van der Waals surface area contributed by atoms with Crippen molar-refractivity contribution in [1.29, 1.82) is 0 Å². The van der Waals surface area contributed by atoms with Crippen LogP contribution in [0.1, 0.15) is 45.2 Å². The number of carboxylic acid groups (broad SMARTS) is 1. The highest BCUT2D eigenvalue weighted by atomic mass is 32.2. The van der Waals surface area contributed by atoms with Crippen LogP contribution in [0.3, 0.4) is 0 Å². The summed E-state index contributed by atoms with van der Waals surface area (Å²) in [6, 6.07) is 23.3. The number of rotatable bonds is 8. The lowest BCUT2D eigenvalue weighted by molar-refractivity contribution is -0.115. The highest BCUT2D eigenvalue weighted by Crippen LogP contribution is 2.30. The quantitative estimate of drug-likeness (QED) is 0.223. The van der Waals surface area contributed by atoms with E-state index in [1.165, 1.54) is 17.8 Å². The minimum absolute atomic E-state index is 0.0770. The Bertz CT molecular complexity index is 1470. The lowest BCUT2D eigenvalue weighted by atomic mass is 9.98. The van der Waals surface area contributed by atoms with Gasteiger partial charge in [-0.2, -0.15) is 0 Å². The molecule has 3 N–H and O–H groups in total. The summed E-state index contributed by atoms with van der Waals surface area (Å²) in [5.74, 6) is -1.57. The van der Waals surface area contributed by atoms with Crippen molar-refractivity contribution in [3.63, 3.8) is 0 Å². The van der Waals surface area contributed by atoms with Crippen LogP contribution >= 0.6 is 11.8 Å². The number of nitrogens with one attached hydrogen (secondary N) is 2. The largest absolute Gasteiger partial charge is 0.478 e. The number of carboxylic acids is 1. The van der Waals surface area contributed by atoms with E-state index in [1.807, 2.05) is 51.1 Å². The maximum absolute atomic E-state index is 13.2. The van der Waals surface area contributed by atoms with Crippen molar-refractivity contribution in [2.24, 2.45) is 0 Å². The number of fused-ring (bicyclic) bond motifs is 1. The maximum Gasteiger partial charge on any atom is 0.336 e. The Morgan fingerprint density at radius 1 is 0.811 bits per heavy atom. The summed E-state index contributed by atoms with van der Waals surface area (Å²) in [5, 5.41) is 16.3. The standard InChI is InChI=1S/C30H28N2O4S/c1-4-26(29(34)32-22-15-18(2)14-19(3)16-22)37-23-11-7-10-21(17-23)31-28(33)24-12-5-8-20-9-6-13-25(27(20)24)30(35)36/h5-17,26H,4H2,1-3H3,(H,31,33)(H,32,34)(H,35,36). The summed E-state index contributed by atoms with van der Waals surface area (Å²) in [6.07, 6.45) is 0.631. The molecule has 0 bridgehead atoms. The van der Waals surface area contributed by atoms with E-state index < -0.39 is 11.9 Å². The lowest BCUT2D eigenvalue weighted by Crippen LogP contribution is -2.24. The number of hydrogen-bond acceptors (Lipinski definition) is 4. The van der Waals surface area contributed by atoms with Crippen molar-refractivity contribution in [2.75, 3.05) is 10.6 Å². The topological polar surface area (TPSA) is 95.5 Å². The van der Waals surface area contributed by atoms with Gasteiger partial charge in [0.25, 0.3) is 5.91 Å².